The van der Waals surface area contributed by atoms with Gasteiger partial charge in [0.15, 0.2) is 0 Å². The summed E-state index contributed by atoms with van der Waals surface area (Å²) in [5.41, 5.74) is -0.626. The van der Waals surface area contributed by atoms with Crippen molar-refractivity contribution in [2.75, 3.05) is 25.1 Å². The van der Waals surface area contributed by atoms with Gasteiger partial charge in [0.05, 0.1) is 6.54 Å². The normalized spacial score (nSPS) is 12.7. The molecule has 0 aliphatic carbocycles. The van der Waals surface area contributed by atoms with E-state index in [0.717, 1.165) is 5.56 Å². The van der Waals surface area contributed by atoms with Crippen LogP contribution in [0.5, 0.6) is 0 Å². The molecule has 12 nitrogen and oxygen atoms in total. The van der Waals surface area contributed by atoms with Gasteiger partial charge in [-0.1, -0.05) is 30.3 Å². The van der Waals surface area contributed by atoms with Crippen LogP contribution in [-0.4, -0.2) is 78.4 Å². The first-order valence-corrected chi connectivity index (χ1v) is 15.7. The summed E-state index contributed by atoms with van der Waals surface area (Å²) in [6, 6.07) is 7.45. The Labute approximate surface area is 259 Å². The molecule has 0 aliphatic heterocycles. The first-order valence-electron chi connectivity index (χ1n) is 14.3. The second kappa shape index (κ2) is 18.9. The Morgan fingerprint density at radius 3 is 2.05 bits per heavy atom. The van der Waals surface area contributed by atoms with Crippen molar-refractivity contribution in [1.29, 1.82) is 0 Å². The molecule has 13 heteroatoms. The maximum atomic E-state index is 12.8. The lowest BCUT2D eigenvalue weighted by Crippen LogP contribution is -2.52. The molecule has 2 atom stereocenters. The average molecular weight is 625 g/mol. The number of carbonyl (C=O) groups excluding carboxylic acids is 5. The Balaban J connectivity index is 2.61. The van der Waals surface area contributed by atoms with E-state index in [1.54, 1.807) is 41.5 Å². The molecule has 242 valence electrons. The number of carbonyl (C=O) groups is 5. The van der Waals surface area contributed by atoms with Crippen molar-refractivity contribution in [1.82, 2.24) is 21.3 Å². The van der Waals surface area contributed by atoms with E-state index < -0.39 is 59.8 Å². The van der Waals surface area contributed by atoms with E-state index in [1.807, 2.05) is 36.6 Å². The van der Waals surface area contributed by atoms with Crippen LogP contribution in [0, 0.1) is 0 Å². The fourth-order valence-corrected chi connectivity index (χ4v) is 4.02. The van der Waals surface area contributed by atoms with Crippen molar-refractivity contribution in [2.24, 2.45) is 0 Å². The van der Waals surface area contributed by atoms with Gasteiger partial charge in [-0.3, -0.25) is 9.59 Å². The van der Waals surface area contributed by atoms with Crippen LogP contribution in [0.4, 0.5) is 9.59 Å². The first-order chi connectivity index (χ1) is 20.1. The fourth-order valence-electron chi connectivity index (χ4n) is 3.55. The number of hydrogen-bond donors (Lipinski definition) is 4. The van der Waals surface area contributed by atoms with Crippen LogP contribution in [0.15, 0.2) is 30.3 Å². The highest BCUT2D eigenvalue weighted by Crippen LogP contribution is 2.12. The van der Waals surface area contributed by atoms with Crippen molar-refractivity contribution in [2.45, 2.75) is 97.1 Å². The number of nitrogens with one attached hydrogen (secondary N) is 4. The Morgan fingerprint density at radius 1 is 0.791 bits per heavy atom. The number of hydrogen-bond acceptors (Lipinski definition) is 9. The lowest BCUT2D eigenvalue weighted by Gasteiger charge is -2.25. The summed E-state index contributed by atoms with van der Waals surface area (Å²) in [7, 11) is 0. The van der Waals surface area contributed by atoms with Gasteiger partial charge in [0.1, 0.15) is 29.9 Å². The summed E-state index contributed by atoms with van der Waals surface area (Å²) in [4.78, 5) is 62.5. The summed E-state index contributed by atoms with van der Waals surface area (Å²) < 4.78 is 15.9. The topological polar surface area (TPSA) is 161 Å². The average Bonchev–Trinajstić information content (AvgIpc) is 2.90. The fraction of sp³-hybridized carbons (Fsp3) is 0.633. The van der Waals surface area contributed by atoms with Gasteiger partial charge in [-0.15, -0.1) is 0 Å². The van der Waals surface area contributed by atoms with Gasteiger partial charge >= 0.3 is 18.2 Å². The smallest absolute Gasteiger partial charge is 0.408 e. The van der Waals surface area contributed by atoms with Gasteiger partial charge in [0.2, 0.25) is 11.8 Å². The monoisotopic (exact) mass is 624 g/mol. The van der Waals surface area contributed by atoms with Gasteiger partial charge in [-0.05, 0) is 84.8 Å². The Bertz CT molecular complexity index is 1040. The number of amides is 4. The third kappa shape index (κ3) is 18.6. The lowest BCUT2D eigenvalue weighted by atomic mass is 10.1. The minimum absolute atomic E-state index is 0.158. The number of thioether (sulfide) groups is 1. The SMILES string of the molecule is CSCC[C@H](NC(=O)OC(C)(C)C)C(=O)NCC(=O)N[C@@H](CCCCNC(=O)OCc1ccccc1)C(=O)OC(C)(C)C. The van der Waals surface area contributed by atoms with E-state index >= 15 is 0 Å². The molecule has 1 aromatic carbocycles. The van der Waals surface area contributed by atoms with Crippen LogP contribution < -0.4 is 21.3 Å². The molecule has 1 rings (SSSR count). The second-order valence-corrected chi connectivity index (χ2v) is 12.8. The number of esters is 1. The standard InChI is InChI=1S/C30H48N4O8S/c1-29(2,3)41-26(37)23(15-11-12-17-31-27(38)40-20-21-13-9-8-10-14-21)33-24(35)19-32-25(36)22(16-18-43-7)34-28(39)42-30(4,5)6/h8-10,13-14,22-23H,11-12,15-20H2,1-7H3,(H,31,38)(H,32,36)(H,33,35)(H,34,39)/t22-,23-/m0/s1. The van der Waals surface area contributed by atoms with Crippen LogP contribution in [0.2, 0.25) is 0 Å². The maximum Gasteiger partial charge on any atom is 0.408 e. The second-order valence-electron chi connectivity index (χ2n) is 11.8. The van der Waals surface area contributed by atoms with Crippen molar-refractivity contribution in [3.05, 3.63) is 35.9 Å². The molecule has 4 N–H and O–H groups in total. The summed E-state index contributed by atoms with van der Waals surface area (Å²) in [6.45, 7) is 10.4. The Morgan fingerprint density at radius 2 is 1.44 bits per heavy atom. The predicted octanol–water partition coefficient (Wildman–Crippen LogP) is 3.67. The number of ether oxygens (including phenoxy) is 3. The maximum absolute atomic E-state index is 12.8. The number of unbranched alkanes of at least 4 members (excludes halogenated alkanes) is 1. The van der Waals surface area contributed by atoms with Crippen LogP contribution >= 0.6 is 11.8 Å². The third-order valence-corrected chi connectivity index (χ3v) is 6.11. The van der Waals surface area contributed by atoms with Gasteiger partial charge in [-0.25, -0.2) is 14.4 Å². The van der Waals surface area contributed by atoms with Gasteiger partial charge in [0, 0.05) is 6.54 Å². The minimum atomic E-state index is -0.958. The van der Waals surface area contributed by atoms with Crippen LogP contribution in [0.3, 0.4) is 0 Å². The molecule has 0 unspecified atom stereocenters. The van der Waals surface area contributed by atoms with E-state index in [1.165, 1.54) is 11.8 Å². The van der Waals surface area contributed by atoms with E-state index in [2.05, 4.69) is 21.3 Å². The molecular weight excluding hydrogens is 576 g/mol. The zero-order valence-electron chi connectivity index (χ0n) is 26.4. The quantitative estimate of drug-likeness (QED) is 0.122. The molecule has 0 aliphatic rings. The highest BCUT2D eigenvalue weighted by atomic mass is 32.2. The summed E-state index contributed by atoms with van der Waals surface area (Å²) in [5, 5.41) is 10.4. The highest BCUT2D eigenvalue weighted by molar-refractivity contribution is 7.98. The van der Waals surface area contributed by atoms with Crippen LogP contribution in [0.25, 0.3) is 0 Å². The van der Waals surface area contributed by atoms with Crippen LogP contribution in [-0.2, 0) is 35.2 Å². The minimum Gasteiger partial charge on any atom is -0.458 e. The number of alkyl carbamates (subject to hydrolysis) is 2. The largest absolute Gasteiger partial charge is 0.458 e. The molecule has 0 radical (unpaired) electrons. The molecule has 43 heavy (non-hydrogen) atoms. The van der Waals surface area contributed by atoms with Crippen molar-refractivity contribution in [3.63, 3.8) is 0 Å². The molecule has 0 bridgehead atoms. The van der Waals surface area contributed by atoms with Crippen molar-refractivity contribution in [3.8, 4) is 0 Å². The van der Waals surface area contributed by atoms with E-state index in [0.29, 0.717) is 31.6 Å². The van der Waals surface area contributed by atoms with E-state index in [-0.39, 0.29) is 13.0 Å². The lowest BCUT2D eigenvalue weighted by molar-refractivity contribution is -0.158. The predicted molar refractivity (Wildman–Crippen MR) is 165 cm³/mol. The third-order valence-electron chi connectivity index (χ3n) is 5.47. The van der Waals surface area contributed by atoms with Gasteiger partial charge in [-0.2, -0.15) is 11.8 Å². The molecule has 0 saturated carbocycles. The zero-order valence-corrected chi connectivity index (χ0v) is 27.2. The molecule has 0 fully saturated rings. The highest BCUT2D eigenvalue weighted by Gasteiger charge is 2.28. The molecule has 0 spiro atoms. The molecule has 0 heterocycles. The van der Waals surface area contributed by atoms with E-state index in [9.17, 15) is 24.0 Å². The molecule has 1 aromatic rings. The number of rotatable bonds is 16. The summed E-state index contributed by atoms with van der Waals surface area (Å²) in [5.74, 6) is -1.14. The molecule has 0 aromatic heterocycles. The van der Waals surface area contributed by atoms with Crippen molar-refractivity contribution < 1.29 is 38.2 Å². The van der Waals surface area contributed by atoms with Crippen molar-refractivity contribution >= 4 is 41.7 Å². The molecule has 0 saturated heterocycles. The van der Waals surface area contributed by atoms with Gasteiger partial charge in [0.25, 0.3) is 0 Å². The Kier molecular flexibility index (Phi) is 16.5. The molecular formula is C30H48N4O8S. The Hall–Kier alpha value is -3.48. The van der Waals surface area contributed by atoms with Gasteiger partial charge < -0.3 is 35.5 Å². The molecule has 4 amide bonds. The number of benzene rings is 1. The van der Waals surface area contributed by atoms with E-state index in [4.69, 9.17) is 14.2 Å². The first kappa shape index (κ1) is 37.5. The summed E-state index contributed by atoms with van der Waals surface area (Å²) >= 11 is 1.51. The van der Waals surface area contributed by atoms with Crippen LogP contribution in [0.1, 0.15) is 72.8 Å². The zero-order chi connectivity index (χ0) is 32.5. The summed E-state index contributed by atoms with van der Waals surface area (Å²) in [6.07, 6.45) is 2.20.